The van der Waals surface area contributed by atoms with Gasteiger partial charge in [0.2, 0.25) is 0 Å². The second-order valence-electron chi connectivity index (χ2n) is 11.2. The van der Waals surface area contributed by atoms with Crippen molar-refractivity contribution in [3.63, 3.8) is 0 Å². The van der Waals surface area contributed by atoms with Gasteiger partial charge < -0.3 is 19.9 Å². The molecule has 0 bridgehead atoms. The first-order valence-electron chi connectivity index (χ1n) is 14.0. The molecule has 1 unspecified atom stereocenters. The number of nitrogens with zero attached hydrogens (tertiary/aromatic N) is 2. The van der Waals surface area contributed by atoms with E-state index in [0.29, 0.717) is 29.6 Å². The topological polar surface area (TPSA) is 96.0 Å². The number of carbonyl (C=O) groups excluding carboxylic acids is 2. The van der Waals surface area contributed by atoms with Gasteiger partial charge >= 0.3 is 6.03 Å². The predicted octanol–water partition coefficient (Wildman–Crippen LogP) is 6.05. The van der Waals surface area contributed by atoms with Gasteiger partial charge in [0.05, 0.1) is 23.1 Å². The highest BCUT2D eigenvalue weighted by molar-refractivity contribution is 7.92. The number of sulfone groups is 1. The molecule has 41 heavy (non-hydrogen) atoms. The molecule has 0 aliphatic carbocycles. The van der Waals surface area contributed by atoms with E-state index in [-0.39, 0.29) is 24.2 Å². The maximum Gasteiger partial charge on any atom is 0.317 e. The average Bonchev–Trinajstić information content (AvgIpc) is 2.91. The van der Waals surface area contributed by atoms with E-state index in [9.17, 15) is 18.0 Å². The fourth-order valence-electron chi connectivity index (χ4n) is 4.94. The molecule has 1 N–H and O–H groups in total. The highest BCUT2D eigenvalue weighted by Gasteiger charge is 2.48. The van der Waals surface area contributed by atoms with Crippen LogP contribution in [0.4, 0.5) is 4.79 Å². The molecule has 8 nitrogen and oxygen atoms in total. The van der Waals surface area contributed by atoms with Crippen LogP contribution in [0, 0.1) is 0 Å². The van der Waals surface area contributed by atoms with Crippen molar-refractivity contribution in [2.45, 2.75) is 77.0 Å². The second kappa shape index (κ2) is 13.8. The third-order valence-corrected chi connectivity index (χ3v) is 10.7. The lowest BCUT2D eigenvalue weighted by atomic mass is 9.90. The number of amides is 3. The standard InChI is InChI=1S/C30H41Cl2N3O5S/c1-7-24(19-41(38,39)30(4,5)6)35-26(20-13-15-22(31)16-14-20)27(21-11-10-12-23(32)17-21)40-25(28(35)36)18-33-29(37)34(8-2)9-3/h10-17,24-27H,7-9,18-19H2,1-6H3,(H,33,37)/t24?,25-,26-,27-/m1/s1. The summed E-state index contributed by atoms with van der Waals surface area (Å²) < 4.78 is 32.3. The van der Waals surface area contributed by atoms with Gasteiger partial charge in [0, 0.05) is 29.2 Å². The maximum absolute atomic E-state index is 14.3. The van der Waals surface area contributed by atoms with Gasteiger partial charge in [-0.3, -0.25) is 4.79 Å². The molecular weight excluding hydrogens is 585 g/mol. The highest BCUT2D eigenvalue weighted by Crippen LogP contribution is 2.44. The lowest BCUT2D eigenvalue weighted by Crippen LogP contribution is -2.59. The number of ether oxygens (including phenoxy) is 1. The van der Waals surface area contributed by atoms with E-state index in [0.717, 1.165) is 11.1 Å². The first-order chi connectivity index (χ1) is 19.2. The second-order valence-corrected chi connectivity index (χ2v) is 14.8. The Morgan fingerprint density at radius 2 is 1.66 bits per heavy atom. The van der Waals surface area contributed by atoms with Gasteiger partial charge in [-0.2, -0.15) is 0 Å². The van der Waals surface area contributed by atoms with Crippen LogP contribution in [0.25, 0.3) is 0 Å². The molecule has 4 atom stereocenters. The smallest absolute Gasteiger partial charge is 0.317 e. The molecule has 2 aromatic rings. The zero-order valence-electron chi connectivity index (χ0n) is 24.6. The van der Waals surface area contributed by atoms with Gasteiger partial charge in [-0.1, -0.05) is 54.4 Å². The molecule has 1 aliphatic heterocycles. The monoisotopic (exact) mass is 625 g/mol. The van der Waals surface area contributed by atoms with E-state index >= 15 is 0 Å². The van der Waals surface area contributed by atoms with Crippen LogP contribution in [0.5, 0.6) is 0 Å². The number of urea groups is 1. The van der Waals surface area contributed by atoms with Crippen molar-refractivity contribution < 1.29 is 22.7 Å². The number of morpholine rings is 1. The van der Waals surface area contributed by atoms with Crippen LogP contribution >= 0.6 is 23.2 Å². The fourth-order valence-corrected chi connectivity index (χ4v) is 6.67. The third kappa shape index (κ3) is 7.74. The number of benzene rings is 2. The minimum Gasteiger partial charge on any atom is -0.356 e. The first-order valence-corrected chi connectivity index (χ1v) is 16.4. The molecule has 0 radical (unpaired) electrons. The number of nitrogens with one attached hydrogen (secondary N) is 1. The van der Waals surface area contributed by atoms with Crippen molar-refractivity contribution in [2.75, 3.05) is 25.4 Å². The minimum absolute atomic E-state index is 0.0719. The Balaban J connectivity index is 2.15. The van der Waals surface area contributed by atoms with Gasteiger partial charge in [0.15, 0.2) is 15.9 Å². The number of carbonyl (C=O) groups is 2. The Kier molecular flexibility index (Phi) is 11.1. The summed E-state index contributed by atoms with van der Waals surface area (Å²) in [6.45, 7) is 11.6. The SMILES string of the molecule is CCC(CS(=O)(=O)C(C)(C)C)N1C(=O)[C@@H](CNC(=O)N(CC)CC)O[C@H](c2cccc(Cl)c2)[C@H]1c1ccc(Cl)cc1. The summed E-state index contributed by atoms with van der Waals surface area (Å²) in [5.74, 6) is -0.608. The lowest BCUT2D eigenvalue weighted by molar-refractivity contribution is -0.177. The van der Waals surface area contributed by atoms with Crippen LogP contribution in [-0.2, 0) is 19.4 Å². The highest BCUT2D eigenvalue weighted by atomic mass is 35.5. The van der Waals surface area contributed by atoms with Gasteiger partial charge in [-0.25, -0.2) is 13.2 Å². The van der Waals surface area contributed by atoms with Crippen LogP contribution in [0.1, 0.15) is 71.2 Å². The van der Waals surface area contributed by atoms with Gasteiger partial charge in [0.25, 0.3) is 5.91 Å². The summed E-state index contributed by atoms with van der Waals surface area (Å²) in [7, 11) is -3.60. The molecule has 1 heterocycles. The zero-order valence-corrected chi connectivity index (χ0v) is 26.9. The van der Waals surface area contributed by atoms with E-state index in [1.54, 1.807) is 60.9 Å². The Bertz CT molecular complexity index is 1310. The summed E-state index contributed by atoms with van der Waals surface area (Å²) in [6.07, 6.45) is -1.35. The third-order valence-electron chi connectivity index (χ3n) is 7.51. The molecule has 3 amide bonds. The molecule has 11 heteroatoms. The summed E-state index contributed by atoms with van der Waals surface area (Å²) in [4.78, 5) is 30.3. The van der Waals surface area contributed by atoms with Crippen LogP contribution in [-0.4, -0.2) is 72.4 Å². The van der Waals surface area contributed by atoms with Crippen LogP contribution in [0.3, 0.4) is 0 Å². The predicted molar refractivity (Wildman–Crippen MR) is 164 cm³/mol. The van der Waals surface area contributed by atoms with Crippen molar-refractivity contribution in [3.8, 4) is 0 Å². The largest absolute Gasteiger partial charge is 0.356 e. The molecule has 2 aromatic carbocycles. The van der Waals surface area contributed by atoms with Crippen LogP contribution in [0.15, 0.2) is 48.5 Å². The fraction of sp³-hybridized carbons (Fsp3) is 0.533. The molecule has 0 saturated carbocycles. The molecule has 1 aliphatic rings. The van der Waals surface area contributed by atoms with Gasteiger partial charge in [-0.05, 0) is 76.4 Å². The van der Waals surface area contributed by atoms with Crippen molar-refractivity contribution in [2.24, 2.45) is 0 Å². The maximum atomic E-state index is 14.3. The number of hydrogen-bond donors (Lipinski definition) is 1. The van der Waals surface area contributed by atoms with E-state index < -0.39 is 38.9 Å². The quantitative estimate of drug-likeness (QED) is 0.347. The van der Waals surface area contributed by atoms with E-state index in [1.165, 1.54) is 0 Å². The molecule has 1 saturated heterocycles. The molecule has 1 fully saturated rings. The number of rotatable bonds is 10. The van der Waals surface area contributed by atoms with Crippen LogP contribution in [0.2, 0.25) is 10.0 Å². The number of halogens is 2. The van der Waals surface area contributed by atoms with E-state index in [4.69, 9.17) is 27.9 Å². The van der Waals surface area contributed by atoms with Crippen molar-refractivity contribution in [1.29, 1.82) is 0 Å². The Hall–Kier alpha value is -2.33. The summed E-state index contributed by atoms with van der Waals surface area (Å²) >= 11 is 12.6. The first kappa shape index (κ1) is 33.2. The van der Waals surface area contributed by atoms with Crippen molar-refractivity contribution in [3.05, 3.63) is 69.7 Å². The lowest BCUT2D eigenvalue weighted by Gasteiger charge is -2.48. The molecule has 0 spiro atoms. The number of hydrogen-bond acceptors (Lipinski definition) is 5. The van der Waals surface area contributed by atoms with Gasteiger partial charge in [-0.15, -0.1) is 0 Å². The summed E-state index contributed by atoms with van der Waals surface area (Å²) in [5.41, 5.74) is 1.47. The Morgan fingerprint density at radius 3 is 2.20 bits per heavy atom. The van der Waals surface area contributed by atoms with Crippen molar-refractivity contribution in [1.82, 2.24) is 15.1 Å². The Morgan fingerprint density at radius 1 is 1.02 bits per heavy atom. The minimum atomic E-state index is -3.60. The van der Waals surface area contributed by atoms with E-state index in [2.05, 4.69) is 5.32 Å². The van der Waals surface area contributed by atoms with E-state index in [1.807, 2.05) is 39.0 Å². The van der Waals surface area contributed by atoms with Crippen molar-refractivity contribution >= 4 is 45.0 Å². The summed E-state index contributed by atoms with van der Waals surface area (Å²) in [6, 6.07) is 12.7. The average molecular weight is 627 g/mol. The molecule has 3 rings (SSSR count). The summed E-state index contributed by atoms with van der Waals surface area (Å²) in [5, 5.41) is 3.86. The van der Waals surface area contributed by atoms with Crippen LogP contribution < -0.4 is 5.32 Å². The van der Waals surface area contributed by atoms with Gasteiger partial charge in [0.1, 0.15) is 6.10 Å². The zero-order chi connectivity index (χ0) is 30.5. The molecule has 226 valence electrons. The normalized spacial score (nSPS) is 20.5. The molecular formula is C30H41Cl2N3O5S. The Labute approximate surface area is 254 Å². The molecule has 0 aromatic heterocycles.